The van der Waals surface area contributed by atoms with Gasteiger partial charge in [-0.2, -0.15) is 0 Å². The van der Waals surface area contributed by atoms with Crippen LogP contribution in [0.25, 0.3) is 10.8 Å². The van der Waals surface area contributed by atoms with E-state index in [2.05, 4.69) is 12.6 Å². The first kappa shape index (κ1) is 14.9. The topological polar surface area (TPSA) is 35.5 Å². The van der Waals surface area contributed by atoms with Crippen LogP contribution in [0.5, 0.6) is 11.5 Å². The first-order valence-corrected chi connectivity index (χ1v) is 7.30. The highest BCUT2D eigenvalue weighted by Gasteiger charge is 2.07. The van der Waals surface area contributed by atoms with Gasteiger partial charge in [-0.25, -0.2) is 4.79 Å². The molecule has 3 heteroatoms. The van der Waals surface area contributed by atoms with Gasteiger partial charge in [0.2, 0.25) is 0 Å². The largest absolute Gasteiger partial charge is 0.458 e. The summed E-state index contributed by atoms with van der Waals surface area (Å²) in [5.41, 5.74) is 0.802. The Bertz CT molecular complexity index is 852. The maximum atomic E-state index is 11.2. The van der Waals surface area contributed by atoms with Gasteiger partial charge in [0, 0.05) is 11.6 Å². The van der Waals surface area contributed by atoms with Gasteiger partial charge in [-0.15, -0.1) is 0 Å². The SMILES string of the molecule is C=CC(=O)OCc1ccccc1Oc1ccc2ccccc2c1. The molecule has 3 nitrogen and oxygen atoms in total. The van der Waals surface area contributed by atoms with E-state index in [-0.39, 0.29) is 6.61 Å². The minimum Gasteiger partial charge on any atom is -0.458 e. The van der Waals surface area contributed by atoms with Gasteiger partial charge >= 0.3 is 5.97 Å². The van der Waals surface area contributed by atoms with Crippen LogP contribution in [0.1, 0.15) is 5.56 Å². The molecule has 0 aliphatic heterocycles. The average molecular weight is 304 g/mol. The molecule has 0 atom stereocenters. The molecule has 0 aliphatic carbocycles. The molecule has 0 bridgehead atoms. The van der Waals surface area contributed by atoms with E-state index in [4.69, 9.17) is 9.47 Å². The lowest BCUT2D eigenvalue weighted by molar-refractivity contribution is -0.138. The van der Waals surface area contributed by atoms with Crippen LogP contribution in [0, 0.1) is 0 Å². The Labute approximate surface area is 134 Å². The predicted molar refractivity (Wildman–Crippen MR) is 90.5 cm³/mol. The van der Waals surface area contributed by atoms with Crippen LogP contribution in [-0.4, -0.2) is 5.97 Å². The number of hydrogen-bond donors (Lipinski definition) is 0. The van der Waals surface area contributed by atoms with Crippen LogP contribution in [0.15, 0.2) is 79.4 Å². The molecule has 0 heterocycles. The molecular weight excluding hydrogens is 288 g/mol. The van der Waals surface area contributed by atoms with Crippen LogP contribution < -0.4 is 4.74 Å². The van der Waals surface area contributed by atoms with E-state index in [0.29, 0.717) is 5.75 Å². The highest BCUT2D eigenvalue weighted by atomic mass is 16.5. The van der Waals surface area contributed by atoms with Gasteiger partial charge < -0.3 is 9.47 Å². The summed E-state index contributed by atoms with van der Waals surface area (Å²) >= 11 is 0. The Morgan fingerprint density at radius 1 is 0.957 bits per heavy atom. The van der Waals surface area contributed by atoms with Crippen molar-refractivity contribution in [2.45, 2.75) is 6.61 Å². The monoisotopic (exact) mass is 304 g/mol. The molecular formula is C20H16O3. The number of fused-ring (bicyclic) bond motifs is 1. The first-order chi connectivity index (χ1) is 11.3. The fourth-order valence-electron chi connectivity index (χ4n) is 2.29. The number of carbonyl (C=O) groups is 1. The fraction of sp³-hybridized carbons (Fsp3) is 0.0500. The maximum absolute atomic E-state index is 11.2. The number of para-hydroxylation sites is 1. The second-order valence-electron chi connectivity index (χ2n) is 5.03. The van der Waals surface area contributed by atoms with E-state index in [9.17, 15) is 4.79 Å². The smallest absolute Gasteiger partial charge is 0.330 e. The molecule has 23 heavy (non-hydrogen) atoms. The summed E-state index contributed by atoms with van der Waals surface area (Å²) in [6.45, 7) is 3.53. The van der Waals surface area contributed by atoms with E-state index < -0.39 is 5.97 Å². The van der Waals surface area contributed by atoms with Crippen LogP contribution in [0.3, 0.4) is 0 Å². The molecule has 0 aromatic heterocycles. The third kappa shape index (κ3) is 3.58. The zero-order chi connectivity index (χ0) is 16.1. The summed E-state index contributed by atoms with van der Waals surface area (Å²) in [6.07, 6.45) is 1.15. The van der Waals surface area contributed by atoms with Gasteiger partial charge in [0.1, 0.15) is 18.1 Å². The van der Waals surface area contributed by atoms with Crippen molar-refractivity contribution in [1.29, 1.82) is 0 Å². The summed E-state index contributed by atoms with van der Waals surface area (Å²) in [4.78, 5) is 11.2. The second-order valence-corrected chi connectivity index (χ2v) is 5.03. The lowest BCUT2D eigenvalue weighted by atomic mass is 10.1. The molecule has 0 radical (unpaired) electrons. The minimum absolute atomic E-state index is 0.147. The summed E-state index contributed by atoms with van der Waals surface area (Å²) in [7, 11) is 0. The maximum Gasteiger partial charge on any atom is 0.330 e. The molecule has 0 spiro atoms. The number of esters is 1. The van der Waals surface area contributed by atoms with Crippen molar-refractivity contribution in [2.24, 2.45) is 0 Å². The molecule has 0 unspecified atom stereocenters. The molecule has 0 fully saturated rings. The van der Waals surface area contributed by atoms with Gasteiger partial charge in [-0.1, -0.05) is 55.1 Å². The molecule has 114 valence electrons. The molecule has 0 aliphatic rings. The van der Waals surface area contributed by atoms with Gasteiger partial charge in [-0.3, -0.25) is 0 Å². The quantitative estimate of drug-likeness (QED) is 0.499. The van der Waals surface area contributed by atoms with E-state index >= 15 is 0 Å². The van der Waals surface area contributed by atoms with Gasteiger partial charge in [0.25, 0.3) is 0 Å². The minimum atomic E-state index is -0.453. The summed E-state index contributed by atoms with van der Waals surface area (Å²) < 4.78 is 11.1. The number of ether oxygens (including phenoxy) is 2. The van der Waals surface area contributed by atoms with Crippen molar-refractivity contribution in [3.8, 4) is 11.5 Å². The Balaban J connectivity index is 1.83. The number of carbonyl (C=O) groups excluding carboxylic acids is 1. The lowest BCUT2D eigenvalue weighted by Crippen LogP contribution is -2.01. The fourth-order valence-corrected chi connectivity index (χ4v) is 2.29. The molecule has 0 N–H and O–H groups in total. The van der Waals surface area contributed by atoms with E-state index in [0.717, 1.165) is 28.2 Å². The molecule has 3 aromatic rings. The van der Waals surface area contributed by atoms with Crippen LogP contribution in [-0.2, 0) is 16.1 Å². The van der Waals surface area contributed by atoms with Crippen molar-refractivity contribution in [3.05, 3.63) is 84.9 Å². The predicted octanol–water partition coefficient (Wildman–Crippen LogP) is 4.86. The van der Waals surface area contributed by atoms with Crippen molar-refractivity contribution >= 4 is 16.7 Å². The van der Waals surface area contributed by atoms with Gasteiger partial charge in [0.15, 0.2) is 0 Å². The Morgan fingerprint density at radius 2 is 1.70 bits per heavy atom. The average Bonchev–Trinajstić information content (AvgIpc) is 2.60. The molecule has 0 saturated heterocycles. The summed E-state index contributed by atoms with van der Waals surface area (Å²) in [5, 5.41) is 2.27. The van der Waals surface area contributed by atoms with Gasteiger partial charge in [-0.05, 0) is 29.0 Å². The highest BCUT2D eigenvalue weighted by molar-refractivity contribution is 5.83. The zero-order valence-corrected chi connectivity index (χ0v) is 12.6. The summed E-state index contributed by atoms with van der Waals surface area (Å²) in [6, 6.07) is 21.5. The van der Waals surface area contributed by atoms with E-state index in [1.54, 1.807) is 0 Å². The normalized spacial score (nSPS) is 10.3. The van der Waals surface area contributed by atoms with Crippen LogP contribution in [0.2, 0.25) is 0 Å². The van der Waals surface area contributed by atoms with Crippen molar-refractivity contribution in [2.75, 3.05) is 0 Å². The van der Waals surface area contributed by atoms with Crippen molar-refractivity contribution in [1.82, 2.24) is 0 Å². The number of rotatable bonds is 5. The third-order valence-electron chi connectivity index (χ3n) is 3.46. The number of hydrogen-bond acceptors (Lipinski definition) is 3. The van der Waals surface area contributed by atoms with Crippen molar-refractivity contribution < 1.29 is 14.3 Å². The molecule has 0 amide bonds. The van der Waals surface area contributed by atoms with E-state index in [1.807, 2.05) is 60.7 Å². The molecule has 3 rings (SSSR count). The van der Waals surface area contributed by atoms with Gasteiger partial charge in [0.05, 0.1) is 0 Å². The van der Waals surface area contributed by atoms with Crippen LogP contribution >= 0.6 is 0 Å². The highest BCUT2D eigenvalue weighted by Crippen LogP contribution is 2.28. The first-order valence-electron chi connectivity index (χ1n) is 7.30. The van der Waals surface area contributed by atoms with Crippen molar-refractivity contribution in [3.63, 3.8) is 0 Å². The third-order valence-corrected chi connectivity index (χ3v) is 3.46. The Morgan fingerprint density at radius 3 is 2.52 bits per heavy atom. The summed E-state index contributed by atoms with van der Waals surface area (Å²) in [5.74, 6) is 0.955. The Kier molecular flexibility index (Phi) is 4.39. The van der Waals surface area contributed by atoms with Crippen LogP contribution in [0.4, 0.5) is 0 Å². The second kappa shape index (κ2) is 6.79. The lowest BCUT2D eigenvalue weighted by Gasteiger charge is -2.11. The standard InChI is InChI=1S/C20H16O3/c1-2-20(21)22-14-17-9-5-6-10-19(17)23-18-12-11-15-7-3-4-8-16(15)13-18/h2-13H,1,14H2. The molecule has 3 aromatic carbocycles. The molecule has 0 saturated carbocycles. The Hall–Kier alpha value is -3.07. The zero-order valence-electron chi connectivity index (χ0n) is 12.6. The van der Waals surface area contributed by atoms with E-state index in [1.165, 1.54) is 0 Å². The number of benzene rings is 3.